The lowest BCUT2D eigenvalue weighted by molar-refractivity contribution is -0.153. The standard InChI is InChI=1S/C14H19F3N2O3/c1-10(19-13(21)18-7-2-8-20)11-3-5-12(6-4-11)22-9-14(15,16)17/h3-6,10,20H,2,7-9H2,1H3,(H2,18,19,21). The number of carbonyl (C=O) groups excluding carboxylic acids is 1. The fourth-order valence-corrected chi connectivity index (χ4v) is 1.63. The first kappa shape index (κ1) is 18.1. The van der Waals surface area contributed by atoms with E-state index >= 15 is 0 Å². The molecule has 8 heteroatoms. The predicted molar refractivity (Wildman–Crippen MR) is 74.6 cm³/mol. The van der Waals surface area contributed by atoms with Gasteiger partial charge in [-0.05, 0) is 31.0 Å². The minimum absolute atomic E-state index is 0.00474. The summed E-state index contributed by atoms with van der Waals surface area (Å²) >= 11 is 0. The molecule has 3 N–H and O–H groups in total. The molecule has 1 aromatic rings. The molecule has 1 atom stereocenters. The van der Waals surface area contributed by atoms with Gasteiger partial charge in [0.25, 0.3) is 0 Å². The first-order chi connectivity index (χ1) is 10.3. The fraction of sp³-hybridized carbons (Fsp3) is 0.500. The molecular formula is C14H19F3N2O3. The van der Waals surface area contributed by atoms with Crippen molar-refractivity contribution in [2.24, 2.45) is 0 Å². The van der Waals surface area contributed by atoms with Crippen molar-refractivity contribution in [1.82, 2.24) is 10.6 Å². The summed E-state index contributed by atoms with van der Waals surface area (Å²) < 4.78 is 40.7. The monoisotopic (exact) mass is 320 g/mol. The second kappa shape index (κ2) is 8.47. The van der Waals surface area contributed by atoms with Crippen LogP contribution in [0.4, 0.5) is 18.0 Å². The SMILES string of the molecule is CC(NC(=O)NCCCO)c1ccc(OCC(F)(F)F)cc1. The first-order valence-corrected chi connectivity index (χ1v) is 6.76. The number of hydrogen-bond acceptors (Lipinski definition) is 3. The molecule has 22 heavy (non-hydrogen) atoms. The van der Waals surface area contributed by atoms with E-state index in [4.69, 9.17) is 5.11 Å². The molecule has 0 fully saturated rings. The average molecular weight is 320 g/mol. The Morgan fingerprint density at radius 3 is 2.50 bits per heavy atom. The molecule has 1 rings (SSSR count). The van der Waals surface area contributed by atoms with Crippen LogP contribution in [0.15, 0.2) is 24.3 Å². The topological polar surface area (TPSA) is 70.6 Å². The number of amides is 2. The van der Waals surface area contributed by atoms with Gasteiger partial charge in [-0.15, -0.1) is 0 Å². The molecule has 0 aliphatic heterocycles. The number of aliphatic hydroxyl groups is 1. The van der Waals surface area contributed by atoms with Gasteiger partial charge in [-0.1, -0.05) is 12.1 Å². The normalized spacial score (nSPS) is 12.6. The van der Waals surface area contributed by atoms with Gasteiger partial charge in [0, 0.05) is 13.2 Å². The Balaban J connectivity index is 2.46. The van der Waals surface area contributed by atoms with E-state index in [9.17, 15) is 18.0 Å². The van der Waals surface area contributed by atoms with Crippen LogP contribution < -0.4 is 15.4 Å². The van der Waals surface area contributed by atoms with E-state index in [1.54, 1.807) is 19.1 Å². The quantitative estimate of drug-likeness (QED) is 0.676. The summed E-state index contributed by atoms with van der Waals surface area (Å²) in [4.78, 5) is 11.5. The Kier molecular flexibility index (Phi) is 6.97. The molecule has 5 nitrogen and oxygen atoms in total. The van der Waals surface area contributed by atoms with Gasteiger partial charge in [0.2, 0.25) is 0 Å². The van der Waals surface area contributed by atoms with Crippen LogP contribution >= 0.6 is 0 Å². The van der Waals surface area contributed by atoms with Crippen molar-refractivity contribution in [3.05, 3.63) is 29.8 Å². The number of alkyl halides is 3. The molecule has 1 unspecified atom stereocenters. The van der Waals surface area contributed by atoms with Gasteiger partial charge < -0.3 is 20.5 Å². The molecule has 0 radical (unpaired) electrons. The highest BCUT2D eigenvalue weighted by atomic mass is 19.4. The Morgan fingerprint density at radius 1 is 1.32 bits per heavy atom. The van der Waals surface area contributed by atoms with E-state index in [1.807, 2.05) is 0 Å². The van der Waals surface area contributed by atoms with Crippen LogP contribution in [0.3, 0.4) is 0 Å². The third kappa shape index (κ3) is 7.16. The van der Waals surface area contributed by atoms with E-state index in [1.165, 1.54) is 12.1 Å². The number of carbonyl (C=O) groups is 1. The highest BCUT2D eigenvalue weighted by Crippen LogP contribution is 2.20. The predicted octanol–water partition coefficient (Wildman–Crippen LogP) is 2.37. The number of benzene rings is 1. The van der Waals surface area contributed by atoms with Crippen LogP contribution in [0.2, 0.25) is 0 Å². The third-order valence-corrected chi connectivity index (χ3v) is 2.75. The summed E-state index contributed by atoms with van der Waals surface area (Å²) in [5.41, 5.74) is 0.733. The van der Waals surface area contributed by atoms with E-state index in [0.717, 1.165) is 5.56 Å². The van der Waals surface area contributed by atoms with Gasteiger partial charge in [-0.2, -0.15) is 13.2 Å². The molecular weight excluding hydrogens is 301 g/mol. The molecule has 0 aromatic heterocycles. The molecule has 1 aromatic carbocycles. The Labute approximate surface area is 126 Å². The molecule has 0 aliphatic carbocycles. The van der Waals surface area contributed by atoms with Gasteiger partial charge in [0.1, 0.15) is 5.75 Å². The molecule has 124 valence electrons. The molecule has 0 saturated heterocycles. The van der Waals surface area contributed by atoms with E-state index in [0.29, 0.717) is 13.0 Å². The molecule has 0 saturated carbocycles. The highest BCUT2D eigenvalue weighted by molar-refractivity contribution is 5.74. The van der Waals surface area contributed by atoms with Gasteiger partial charge in [0.05, 0.1) is 6.04 Å². The number of aliphatic hydroxyl groups excluding tert-OH is 1. The van der Waals surface area contributed by atoms with Crippen LogP contribution in [0.1, 0.15) is 24.9 Å². The van der Waals surface area contributed by atoms with E-state index in [2.05, 4.69) is 15.4 Å². The third-order valence-electron chi connectivity index (χ3n) is 2.75. The Hall–Kier alpha value is -1.96. The summed E-state index contributed by atoms with van der Waals surface area (Å²) in [6, 6.07) is 5.32. The van der Waals surface area contributed by atoms with Crippen LogP contribution in [0.5, 0.6) is 5.75 Å². The first-order valence-electron chi connectivity index (χ1n) is 6.76. The highest BCUT2D eigenvalue weighted by Gasteiger charge is 2.28. The largest absolute Gasteiger partial charge is 0.484 e. The number of ether oxygens (including phenoxy) is 1. The lowest BCUT2D eigenvalue weighted by Crippen LogP contribution is -2.37. The summed E-state index contributed by atoms with van der Waals surface area (Å²) in [6.07, 6.45) is -3.91. The van der Waals surface area contributed by atoms with Crippen molar-refractivity contribution in [2.45, 2.75) is 25.6 Å². The molecule has 0 bridgehead atoms. The van der Waals surface area contributed by atoms with E-state index < -0.39 is 12.8 Å². The maximum Gasteiger partial charge on any atom is 0.422 e. The maximum absolute atomic E-state index is 12.0. The zero-order chi connectivity index (χ0) is 16.6. The van der Waals surface area contributed by atoms with Gasteiger partial charge in [0.15, 0.2) is 6.61 Å². The number of urea groups is 1. The molecule has 0 aliphatic rings. The molecule has 2 amide bonds. The van der Waals surface area contributed by atoms with Crippen molar-refractivity contribution in [3.63, 3.8) is 0 Å². The maximum atomic E-state index is 12.0. The van der Waals surface area contributed by atoms with Crippen molar-refractivity contribution < 1.29 is 27.8 Å². The lowest BCUT2D eigenvalue weighted by Gasteiger charge is -2.16. The number of rotatable bonds is 7. The average Bonchev–Trinajstić information content (AvgIpc) is 2.45. The minimum Gasteiger partial charge on any atom is -0.484 e. The van der Waals surface area contributed by atoms with E-state index in [-0.39, 0.29) is 24.4 Å². The number of hydrogen-bond donors (Lipinski definition) is 3. The van der Waals surface area contributed by atoms with Crippen LogP contribution in [0, 0.1) is 0 Å². The van der Waals surface area contributed by atoms with Crippen LogP contribution in [0.25, 0.3) is 0 Å². The van der Waals surface area contributed by atoms with Gasteiger partial charge in [-0.25, -0.2) is 4.79 Å². The number of nitrogens with one attached hydrogen (secondary N) is 2. The minimum atomic E-state index is -4.37. The second-order valence-corrected chi connectivity index (χ2v) is 4.67. The smallest absolute Gasteiger partial charge is 0.422 e. The molecule has 0 heterocycles. The lowest BCUT2D eigenvalue weighted by atomic mass is 10.1. The summed E-state index contributed by atoms with van der Waals surface area (Å²) in [6.45, 7) is 0.763. The fourth-order valence-electron chi connectivity index (χ4n) is 1.63. The zero-order valence-electron chi connectivity index (χ0n) is 12.1. The second-order valence-electron chi connectivity index (χ2n) is 4.67. The zero-order valence-corrected chi connectivity index (χ0v) is 12.1. The number of halogens is 3. The van der Waals surface area contributed by atoms with Crippen molar-refractivity contribution >= 4 is 6.03 Å². The van der Waals surface area contributed by atoms with Crippen molar-refractivity contribution in [3.8, 4) is 5.75 Å². The summed E-state index contributed by atoms with van der Waals surface area (Å²) in [5.74, 6) is 0.112. The Morgan fingerprint density at radius 2 is 1.95 bits per heavy atom. The molecule has 0 spiro atoms. The van der Waals surface area contributed by atoms with Crippen LogP contribution in [-0.2, 0) is 0 Å². The Bertz CT molecular complexity index is 463. The van der Waals surface area contributed by atoms with Crippen molar-refractivity contribution in [2.75, 3.05) is 19.8 Å². The summed E-state index contributed by atoms with van der Waals surface area (Å²) in [5, 5.41) is 13.9. The van der Waals surface area contributed by atoms with Gasteiger partial charge in [-0.3, -0.25) is 0 Å². The summed E-state index contributed by atoms with van der Waals surface area (Å²) in [7, 11) is 0. The van der Waals surface area contributed by atoms with Crippen molar-refractivity contribution in [1.29, 1.82) is 0 Å². The van der Waals surface area contributed by atoms with Gasteiger partial charge >= 0.3 is 12.2 Å². The van der Waals surface area contributed by atoms with Crippen LogP contribution in [-0.4, -0.2) is 37.1 Å².